The van der Waals surface area contributed by atoms with Crippen molar-refractivity contribution in [2.75, 3.05) is 6.61 Å². The van der Waals surface area contributed by atoms with Crippen molar-refractivity contribution in [3.8, 4) is 22.4 Å². The molecular formula is C22H17Cl3FNO3. The number of carbonyl (C=O) groups excluding carboxylic acids is 1. The van der Waals surface area contributed by atoms with Crippen molar-refractivity contribution in [1.82, 2.24) is 4.57 Å². The monoisotopic (exact) mass is 467 g/mol. The van der Waals surface area contributed by atoms with E-state index in [-0.39, 0.29) is 33.3 Å². The van der Waals surface area contributed by atoms with Crippen LogP contribution in [0.5, 0.6) is 0 Å². The zero-order valence-electron chi connectivity index (χ0n) is 16.1. The molecule has 1 aromatic heterocycles. The van der Waals surface area contributed by atoms with E-state index in [0.29, 0.717) is 22.8 Å². The summed E-state index contributed by atoms with van der Waals surface area (Å²) in [6, 6.07) is 8.79. The predicted molar refractivity (Wildman–Crippen MR) is 118 cm³/mol. The molecule has 0 spiro atoms. The number of hydrogen-bond donors (Lipinski definition) is 0. The zero-order valence-corrected chi connectivity index (χ0v) is 18.4. The molecule has 1 heterocycles. The molecular weight excluding hydrogens is 452 g/mol. The second kappa shape index (κ2) is 9.21. The fourth-order valence-electron chi connectivity index (χ4n) is 3.16. The Labute approximate surface area is 187 Å². The van der Waals surface area contributed by atoms with Gasteiger partial charge in [-0.2, -0.15) is 0 Å². The number of aryl methyl sites for hydroxylation is 1. The number of rotatable bonds is 5. The maximum absolute atomic E-state index is 14.6. The summed E-state index contributed by atoms with van der Waals surface area (Å²) in [4.78, 5) is 26.2. The predicted octanol–water partition coefficient (Wildman–Crippen LogP) is 6.48. The Morgan fingerprint density at radius 2 is 1.77 bits per heavy atom. The first-order chi connectivity index (χ1) is 14.3. The van der Waals surface area contributed by atoms with Gasteiger partial charge in [0.1, 0.15) is 11.4 Å². The lowest BCUT2D eigenvalue weighted by Crippen LogP contribution is -2.24. The first-order valence-corrected chi connectivity index (χ1v) is 10.3. The minimum atomic E-state index is -0.804. The number of ether oxygens (including phenoxy) is 1. The first-order valence-electron chi connectivity index (χ1n) is 9.13. The quantitative estimate of drug-likeness (QED) is 0.403. The van der Waals surface area contributed by atoms with E-state index in [1.54, 1.807) is 29.7 Å². The molecule has 4 nitrogen and oxygen atoms in total. The molecule has 0 aliphatic rings. The molecule has 8 heteroatoms. The number of halogens is 4. The van der Waals surface area contributed by atoms with E-state index >= 15 is 0 Å². The van der Waals surface area contributed by atoms with Gasteiger partial charge >= 0.3 is 5.97 Å². The van der Waals surface area contributed by atoms with Crippen LogP contribution >= 0.6 is 34.8 Å². The topological polar surface area (TPSA) is 48.3 Å². The molecule has 0 amide bonds. The Morgan fingerprint density at radius 3 is 2.37 bits per heavy atom. The molecule has 3 aromatic rings. The van der Waals surface area contributed by atoms with Gasteiger partial charge in [-0.15, -0.1) is 0 Å². The molecule has 0 unspecified atom stereocenters. The summed E-state index contributed by atoms with van der Waals surface area (Å²) >= 11 is 18.0. The highest BCUT2D eigenvalue weighted by Gasteiger charge is 2.25. The number of aromatic nitrogens is 1. The molecule has 0 atom stereocenters. The lowest BCUT2D eigenvalue weighted by Gasteiger charge is -2.18. The van der Waals surface area contributed by atoms with Crippen LogP contribution < -0.4 is 5.43 Å². The summed E-state index contributed by atoms with van der Waals surface area (Å²) in [5, 5.41) is 0.806. The maximum atomic E-state index is 14.6. The molecule has 0 N–H and O–H groups in total. The number of carbonyl (C=O) groups is 1. The van der Waals surface area contributed by atoms with Gasteiger partial charge < -0.3 is 9.30 Å². The highest BCUT2D eigenvalue weighted by atomic mass is 35.5. The van der Waals surface area contributed by atoms with Crippen LogP contribution in [0.1, 0.15) is 24.2 Å². The lowest BCUT2D eigenvalue weighted by molar-refractivity contribution is 0.0525. The molecule has 0 bridgehead atoms. The van der Waals surface area contributed by atoms with Crippen molar-refractivity contribution in [3.05, 3.63) is 79.3 Å². The Kier molecular flexibility index (Phi) is 6.86. The summed E-state index contributed by atoms with van der Waals surface area (Å²) in [5.41, 5.74) is 0.0345. The van der Waals surface area contributed by atoms with Crippen LogP contribution in [0.4, 0.5) is 4.39 Å². The summed E-state index contributed by atoms with van der Waals surface area (Å²) in [5.74, 6) is -1.47. The van der Waals surface area contributed by atoms with Crippen LogP contribution in [0.3, 0.4) is 0 Å². The Bertz CT molecular complexity index is 1190. The Balaban J connectivity index is 2.40. The average Bonchev–Trinajstić information content (AvgIpc) is 2.70. The smallest absolute Gasteiger partial charge is 0.344 e. The van der Waals surface area contributed by atoms with E-state index in [4.69, 9.17) is 39.5 Å². The van der Waals surface area contributed by atoms with Crippen LogP contribution in [-0.4, -0.2) is 17.1 Å². The number of benzene rings is 2. The van der Waals surface area contributed by atoms with E-state index in [0.717, 1.165) is 6.07 Å². The van der Waals surface area contributed by atoms with Crippen molar-refractivity contribution in [2.24, 2.45) is 0 Å². The van der Waals surface area contributed by atoms with Crippen LogP contribution in [-0.2, 0) is 11.3 Å². The second-order valence-electron chi connectivity index (χ2n) is 6.36. The molecule has 0 saturated heterocycles. The second-order valence-corrected chi connectivity index (χ2v) is 7.61. The highest BCUT2D eigenvalue weighted by molar-refractivity contribution is 6.42. The maximum Gasteiger partial charge on any atom is 0.344 e. The molecule has 156 valence electrons. The molecule has 0 radical (unpaired) electrons. The van der Waals surface area contributed by atoms with Crippen LogP contribution in [0, 0.1) is 5.82 Å². The number of hydrogen-bond acceptors (Lipinski definition) is 3. The molecule has 0 aliphatic carbocycles. The number of esters is 1. The largest absolute Gasteiger partial charge is 0.462 e. The zero-order chi connectivity index (χ0) is 22.0. The van der Waals surface area contributed by atoms with Gasteiger partial charge in [-0.25, -0.2) is 9.18 Å². The van der Waals surface area contributed by atoms with Crippen molar-refractivity contribution in [3.63, 3.8) is 0 Å². The van der Waals surface area contributed by atoms with Gasteiger partial charge in [-0.1, -0.05) is 40.9 Å². The van der Waals surface area contributed by atoms with E-state index in [1.165, 1.54) is 18.3 Å². The van der Waals surface area contributed by atoms with E-state index < -0.39 is 17.2 Å². The molecule has 2 aromatic carbocycles. The summed E-state index contributed by atoms with van der Waals surface area (Å²) in [6.07, 6.45) is 1.51. The van der Waals surface area contributed by atoms with Crippen molar-refractivity contribution in [2.45, 2.75) is 20.4 Å². The average molecular weight is 469 g/mol. The van der Waals surface area contributed by atoms with E-state index in [1.807, 2.05) is 6.92 Å². The molecule has 0 saturated carbocycles. The van der Waals surface area contributed by atoms with Gasteiger partial charge in [0.2, 0.25) is 5.43 Å². The third kappa shape index (κ3) is 4.24. The van der Waals surface area contributed by atoms with Crippen molar-refractivity contribution >= 4 is 40.8 Å². The van der Waals surface area contributed by atoms with Gasteiger partial charge in [-0.3, -0.25) is 4.79 Å². The van der Waals surface area contributed by atoms with Crippen LogP contribution in [0.2, 0.25) is 15.1 Å². The van der Waals surface area contributed by atoms with Gasteiger partial charge in [0.25, 0.3) is 0 Å². The summed E-state index contributed by atoms with van der Waals surface area (Å²) in [6.45, 7) is 3.94. The van der Waals surface area contributed by atoms with Gasteiger partial charge in [-0.05, 0) is 44.2 Å². The van der Waals surface area contributed by atoms with Crippen LogP contribution in [0.25, 0.3) is 22.4 Å². The van der Waals surface area contributed by atoms with E-state index in [2.05, 4.69) is 0 Å². The third-order valence-electron chi connectivity index (χ3n) is 4.52. The first kappa shape index (κ1) is 22.3. The normalized spacial score (nSPS) is 10.9. The van der Waals surface area contributed by atoms with Crippen molar-refractivity contribution in [1.29, 1.82) is 0 Å². The molecule has 0 aliphatic heterocycles. The Morgan fingerprint density at radius 1 is 1.03 bits per heavy atom. The molecule has 30 heavy (non-hydrogen) atoms. The van der Waals surface area contributed by atoms with Crippen LogP contribution in [0.15, 0.2) is 47.4 Å². The fraction of sp³-hybridized carbons (Fsp3) is 0.182. The van der Waals surface area contributed by atoms with Gasteiger partial charge in [0.05, 0.1) is 22.3 Å². The molecule has 0 fully saturated rings. The standard InChI is InChI=1S/C22H17Cl3FNO3/c1-3-27-11-15(14-7-6-13(23)10-18(14)26)21(28)19(22(29)30-4-2)20(27)12-5-8-16(24)17(25)9-12/h5-11H,3-4H2,1-2H3. The SMILES string of the molecule is CCOC(=O)c1c(-c2ccc(Cl)c(Cl)c2)n(CC)cc(-c2ccc(Cl)cc2F)c1=O. The summed E-state index contributed by atoms with van der Waals surface area (Å²) < 4.78 is 21.4. The van der Waals surface area contributed by atoms with Gasteiger partial charge in [0.15, 0.2) is 0 Å². The number of pyridine rings is 1. The third-order valence-corrected chi connectivity index (χ3v) is 5.49. The minimum absolute atomic E-state index is 0.0258. The van der Waals surface area contributed by atoms with E-state index in [9.17, 15) is 14.0 Å². The molecule has 3 rings (SSSR count). The number of nitrogens with zero attached hydrogens (tertiary/aromatic N) is 1. The van der Waals surface area contributed by atoms with Gasteiger partial charge in [0, 0.05) is 34.5 Å². The lowest BCUT2D eigenvalue weighted by atomic mass is 9.98. The minimum Gasteiger partial charge on any atom is -0.462 e. The highest BCUT2D eigenvalue weighted by Crippen LogP contribution is 2.32. The fourth-order valence-corrected chi connectivity index (χ4v) is 3.62. The van der Waals surface area contributed by atoms with Crippen molar-refractivity contribution < 1.29 is 13.9 Å². The Hall–Kier alpha value is -2.34. The summed E-state index contributed by atoms with van der Waals surface area (Å²) in [7, 11) is 0.